The van der Waals surface area contributed by atoms with Crippen molar-refractivity contribution in [2.24, 2.45) is 0 Å². The van der Waals surface area contributed by atoms with Crippen molar-refractivity contribution in [2.45, 2.75) is 20.1 Å². The zero-order valence-electron chi connectivity index (χ0n) is 16.1. The van der Waals surface area contributed by atoms with Gasteiger partial charge in [0, 0.05) is 22.3 Å². The average molecular weight is 511 g/mol. The summed E-state index contributed by atoms with van der Waals surface area (Å²) in [4.78, 5) is 0. The van der Waals surface area contributed by atoms with E-state index in [9.17, 15) is 0 Å². The molecule has 146 valence electrons. The van der Waals surface area contributed by atoms with Crippen molar-refractivity contribution in [1.29, 1.82) is 0 Å². The molecule has 0 atom stereocenters. The van der Waals surface area contributed by atoms with Crippen LogP contribution in [0, 0.1) is 6.92 Å². The lowest BCUT2D eigenvalue weighted by Crippen LogP contribution is -2.05. The molecule has 4 aromatic rings. The fourth-order valence-corrected chi connectivity index (χ4v) is 4.77. The number of nitrogens with one attached hydrogen (secondary N) is 1. The number of benzene rings is 4. The molecular weight excluding hydrogens is 490 g/mol. The Labute approximate surface area is 188 Å². The summed E-state index contributed by atoms with van der Waals surface area (Å²) in [5.74, 6) is 0.862. The number of aryl methyl sites for hydroxylation is 1. The molecule has 0 fully saturated rings. The minimum Gasteiger partial charge on any atom is -0.487 e. The molecule has 0 unspecified atom stereocenters. The molecule has 0 saturated carbocycles. The topological polar surface area (TPSA) is 21.3 Å². The molecule has 0 heterocycles. The van der Waals surface area contributed by atoms with Crippen molar-refractivity contribution in [3.63, 3.8) is 0 Å². The number of anilines is 1. The number of rotatable bonds is 6. The highest BCUT2D eigenvalue weighted by Gasteiger charge is 2.12. The van der Waals surface area contributed by atoms with Crippen LogP contribution < -0.4 is 10.1 Å². The van der Waals surface area contributed by atoms with Crippen LogP contribution in [-0.4, -0.2) is 0 Å². The van der Waals surface area contributed by atoms with Gasteiger partial charge in [0.1, 0.15) is 12.4 Å². The largest absolute Gasteiger partial charge is 0.487 e. The van der Waals surface area contributed by atoms with E-state index in [2.05, 4.69) is 117 Å². The molecule has 4 aromatic carbocycles. The van der Waals surface area contributed by atoms with Crippen LogP contribution >= 0.6 is 31.9 Å². The van der Waals surface area contributed by atoms with Gasteiger partial charge in [0.15, 0.2) is 0 Å². The lowest BCUT2D eigenvalue weighted by Gasteiger charge is -2.16. The van der Waals surface area contributed by atoms with Gasteiger partial charge in [-0.1, -0.05) is 76.1 Å². The van der Waals surface area contributed by atoms with Gasteiger partial charge in [-0.05, 0) is 63.5 Å². The van der Waals surface area contributed by atoms with Crippen molar-refractivity contribution >= 4 is 48.3 Å². The Morgan fingerprint density at radius 1 is 0.828 bits per heavy atom. The SMILES string of the molecule is Cc1ccc(NCc2cc(Br)cc(Br)c2OCc2cccc3ccccc23)cc1. The second-order valence-electron chi connectivity index (χ2n) is 7.02. The molecule has 29 heavy (non-hydrogen) atoms. The summed E-state index contributed by atoms with van der Waals surface area (Å²) < 4.78 is 8.27. The van der Waals surface area contributed by atoms with Crippen LogP contribution in [-0.2, 0) is 13.2 Å². The highest BCUT2D eigenvalue weighted by Crippen LogP contribution is 2.34. The minimum atomic E-state index is 0.513. The second kappa shape index (κ2) is 9.02. The van der Waals surface area contributed by atoms with E-state index in [0.29, 0.717) is 13.2 Å². The van der Waals surface area contributed by atoms with Gasteiger partial charge in [0.05, 0.1) is 4.47 Å². The molecule has 0 radical (unpaired) electrons. The van der Waals surface area contributed by atoms with Gasteiger partial charge < -0.3 is 10.1 Å². The van der Waals surface area contributed by atoms with Gasteiger partial charge in [-0.3, -0.25) is 0 Å². The highest BCUT2D eigenvalue weighted by atomic mass is 79.9. The van der Waals surface area contributed by atoms with Crippen molar-refractivity contribution < 1.29 is 4.74 Å². The van der Waals surface area contributed by atoms with Gasteiger partial charge >= 0.3 is 0 Å². The third kappa shape index (κ3) is 4.82. The number of fused-ring (bicyclic) bond motifs is 1. The molecule has 0 spiro atoms. The molecule has 1 N–H and O–H groups in total. The van der Waals surface area contributed by atoms with Gasteiger partial charge in [0.25, 0.3) is 0 Å². The first kappa shape index (κ1) is 20.0. The van der Waals surface area contributed by atoms with E-state index in [-0.39, 0.29) is 0 Å². The van der Waals surface area contributed by atoms with Gasteiger partial charge in [0.2, 0.25) is 0 Å². The summed E-state index contributed by atoms with van der Waals surface area (Å²) in [5, 5.41) is 5.94. The maximum Gasteiger partial charge on any atom is 0.139 e. The number of hydrogen-bond acceptors (Lipinski definition) is 2. The van der Waals surface area contributed by atoms with Crippen molar-refractivity contribution in [1.82, 2.24) is 0 Å². The third-order valence-electron chi connectivity index (χ3n) is 4.87. The Morgan fingerprint density at radius 3 is 2.41 bits per heavy atom. The summed E-state index contributed by atoms with van der Waals surface area (Å²) in [7, 11) is 0. The molecule has 0 aromatic heterocycles. The van der Waals surface area contributed by atoms with E-state index in [4.69, 9.17) is 4.74 Å². The van der Waals surface area contributed by atoms with Crippen LogP contribution in [0.25, 0.3) is 10.8 Å². The zero-order valence-corrected chi connectivity index (χ0v) is 19.3. The van der Waals surface area contributed by atoms with Crippen LogP contribution in [0.4, 0.5) is 5.69 Å². The fraction of sp³-hybridized carbons (Fsp3) is 0.120. The number of ether oxygens (including phenoxy) is 1. The smallest absolute Gasteiger partial charge is 0.139 e. The standard InChI is InChI=1S/C25H21Br2NO/c1-17-9-11-22(12-10-17)28-15-20-13-21(26)14-24(27)25(20)29-16-19-7-4-6-18-5-2-3-8-23(18)19/h2-14,28H,15-16H2,1H3. The predicted octanol–water partition coefficient (Wildman–Crippen LogP) is 7.86. The van der Waals surface area contributed by atoms with Gasteiger partial charge in [-0.2, -0.15) is 0 Å². The second-order valence-corrected chi connectivity index (χ2v) is 8.79. The average Bonchev–Trinajstić information content (AvgIpc) is 2.72. The molecular formula is C25H21Br2NO. The first-order chi connectivity index (χ1) is 14.1. The van der Waals surface area contributed by atoms with E-state index in [1.54, 1.807) is 0 Å². The monoisotopic (exact) mass is 509 g/mol. The van der Waals surface area contributed by atoms with E-state index in [1.165, 1.54) is 21.9 Å². The van der Waals surface area contributed by atoms with Gasteiger partial charge in [-0.15, -0.1) is 0 Å². The molecule has 0 saturated heterocycles. The van der Waals surface area contributed by atoms with Crippen LogP contribution in [0.5, 0.6) is 5.75 Å². The van der Waals surface area contributed by atoms with Crippen LogP contribution in [0.15, 0.2) is 87.8 Å². The maximum atomic E-state index is 6.32. The summed E-state index contributed by atoms with van der Waals surface area (Å²) >= 11 is 7.27. The van der Waals surface area contributed by atoms with Crippen molar-refractivity contribution in [2.75, 3.05) is 5.32 Å². The van der Waals surface area contributed by atoms with Crippen LogP contribution in [0.1, 0.15) is 16.7 Å². The molecule has 4 heteroatoms. The molecule has 0 aliphatic rings. The Hall–Kier alpha value is -2.30. The summed E-state index contributed by atoms with van der Waals surface area (Å²) in [5.41, 5.74) is 4.61. The van der Waals surface area contributed by atoms with Gasteiger partial charge in [-0.25, -0.2) is 0 Å². The summed E-state index contributed by atoms with van der Waals surface area (Å²) in [6, 6.07) is 27.3. The summed E-state index contributed by atoms with van der Waals surface area (Å²) in [6.45, 7) is 3.28. The normalized spacial score (nSPS) is 10.9. The summed E-state index contributed by atoms with van der Waals surface area (Å²) in [6.07, 6.45) is 0. The minimum absolute atomic E-state index is 0.513. The van der Waals surface area contributed by atoms with E-state index in [1.807, 2.05) is 6.07 Å². The molecule has 2 nitrogen and oxygen atoms in total. The quantitative estimate of drug-likeness (QED) is 0.285. The van der Waals surface area contributed by atoms with E-state index >= 15 is 0 Å². The van der Waals surface area contributed by atoms with Crippen LogP contribution in [0.3, 0.4) is 0 Å². The van der Waals surface area contributed by atoms with E-state index in [0.717, 1.165) is 25.9 Å². The lowest BCUT2D eigenvalue weighted by molar-refractivity contribution is 0.302. The zero-order chi connectivity index (χ0) is 20.2. The maximum absolute atomic E-state index is 6.32. The highest BCUT2D eigenvalue weighted by molar-refractivity contribution is 9.11. The van der Waals surface area contributed by atoms with E-state index < -0.39 is 0 Å². The molecule has 4 rings (SSSR count). The Balaban J connectivity index is 1.57. The Kier molecular flexibility index (Phi) is 6.22. The lowest BCUT2D eigenvalue weighted by atomic mass is 10.1. The van der Waals surface area contributed by atoms with Crippen LogP contribution in [0.2, 0.25) is 0 Å². The first-order valence-corrected chi connectivity index (χ1v) is 11.1. The Morgan fingerprint density at radius 2 is 1.59 bits per heavy atom. The molecule has 0 aliphatic carbocycles. The molecule has 0 bridgehead atoms. The van der Waals surface area contributed by atoms with Crippen molar-refractivity contribution in [3.8, 4) is 5.75 Å². The van der Waals surface area contributed by atoms with Crippen molar-refractivity contribution in [3.05, 3.63) is 104 Å². The number of hydrogen-bond donors (Lipinski definition) is 1. The number of halogens is 2. The fourth-order valence-electron chi connectivity index (χ4n) is 3.34. The Bertz CT molecular complexity index is 1130. The molecule has 0 amide bonds. The predicted molar refractivity (Wildman–Crippen MR) is 129 cm³/mol. The molecule has 0 aliphatic heterocycles. The third-order valence-corrected chi connectivity index (χ3v) is 5.92. The first-order valence-electron chi connectivity index (χ1n) is 9.48.